The van der Waals surface area contributed by atoms with Crippen LogP contribution in [0.5, 0.6) is 5.88 Å². The maximum atomic E-state index is 12.8. The minimum Gasteiger partial charge on any atom is -0.481 e. The Morgan fingerprint density at radius 3 is 2.57 bits per heavy atom. The third-order valence-electron chi connectivity index (χ3n) is 5.43. The highest BCUT2D eigenvalue weighted by molar-refractivity contribution is 5.95. The molecular formula is C21H23N3O4. The van der Waals surface area contributed by atoms with E-state index in [9.17, 15) is 9.59 Å². The molecule has 2 fully saturated rings. The van der Waals surface area contributed by atoms with Gasteiger partial charge in [-0.3, -0.25) is 9.59 Å². The second kappa shape index (κ2) is 7.59. The van der Waals surface area contributed by atoms with Crippen LogP contribution in [0.4, 0.5) is 5.69 Å². The van der Waals surface area contributed by atoms with Crippen LogP contribution in [-0.4, -0.2) is 60.7 Å². The molecule has 0 saturated carbocycles. The fraction of sp³-hybridized carbons (Fsp3) is 0.381. The smallest absolute Gasteiger partial charge is 0.272 e. The largest absolute Gasteiger partial charge is 0.481 e. The van der Waals surface area contributed by atoms with Crippen molar-refractivity contribution in [2.45, 2.75) is 18.4 Å². The Balaban J connectivity index is 1.44. The fourth-order valence-electron chi connectivity index (χ4n) is 3.79. The lowest BCUT2D eigenvalue weighted by molar-refractivity contribution is -0.143. The van der Waals surface area contributed by atoms with Gasteiger partial charge in [0.1, 0.15) is 12.3 Å². The van der Waals surface area contributed by atoms with Gasteiger partial charge in [0.05, 0.1) is 19.3 Å². The van der Waals surface area contributed by atoms with Crippen LogP contribution >= 0.6 is 0 Å². The zero-order valence-electron chi connectivity index (χ0n) is 15.8. The maximum Gasteiger partial charge on any atom is 0.272 e. The number of hydrogen-bond acceptors (Lipinski definition) is 5. The lowest BCUT2D eigenvalue weighted by Gasteiger charge is -2.46. The molecule has 0 atom stereocenters. The van der Waals surface area contributed by atoms with Gasteiger partial charge in [-0.1, -0.05) is 24.3 Å². The van der Waals surface area contributed by atoms with Crippen molar-refractivity contribution >= 4 is 17.5 Å². The van der Waals surface area contributed by atoms with Crippen LogP contribution < -0.4 is 9.64 Å². The van der Waals surface area contributed by atoms with E-state index in [1.54, 1.807) is 28.0 Å². The first-order chi connectivity index (χ1) is 13.6. The van der Waals surface area contributed by atoms with E-state index < -0.39 is 5.60 Å². The number of piperidine rings is 1. The molecule has 0 unspecified atom stereocenters. The van der Waals surface area contributed by atoms with Crippen molar-refractivity contribution in [3.63, 3.8) is 0 Å². The van der Waals surface area contributed by atoms with Gasteiger partial charge in [-0.05, 0) is 31.0 Å². The summed E-state index contributed by atoms with van der Waals surface area (Å²) in [7, 11) is 1.53. The molecule has 146 valence electrons. The zero-order chi connectivity index (χ0) is 19.6. The third-order valence-corrected chi connectivity index (χ3v) is 5.43. The molecule has 2 aliphatic rings. The molecule has 1 aromatic carbocycles. The zero-order valence-corrected chi connectivity index (χ0v) is 15.8. The number of hydrogen-bond donors (Lipinski definition) is 0. The molecule has 2 saturated heterocycles. The summed E-state index contributed by atoms with van der Waals surface area (Å²) in [6, 6.07) is 14.8. The maximum absolute atomic E-state index is 12.8. The predicted octanol–water partition coefficient (Wildman–Crippen LogP) is 2.13. The number of rotatable bonds is 3. The monoisotopic (exact) mass is 381 g/mol. The summed E-state index contributed by atoms with van der Waals surface area (Å²) in [5.41, 5.74) is 0.845. The van der Waals surface area contributed by atoms with Gasteiger partial charge in [-0.2, -0.15) is 0 Å². The Kier molecular flexibility index (Phi) is 5.00. The number of likely N-dealkylation sites (tertiary alicyclic amines) is 1. The fourth-order valence-corrected chi connectivity index (χ4v) is 3.79. The molecule has 7 heteroatoms. The second-order valence-electron chi connectivity index (χ2n) is 7.14. The van der Waals surface area contributed by atoms with Gasteiger partial charge in [-0.15, -0.1) is 0 Å². The van der Waals surface area contributed by atoms with E-state index in [-0.39, 0.29) is 18.4 Å². The normalized spacial score (nSPS) is 19.0. The molecule has 7 nitrogen and oxygen atoms in total. The number of methoxy groups -OCH3 is 1. The van der Waals surface area contributed by atoms with Gasteiger partial charge < -0.3 is 19.3 Å². The molecule has 28 heavy (non-hydrogen) atoms. The van der Waals surface area contributed by atoms with Crippen LogP contribution in [0.1, 0.15) is 23.3 Å². The Bertz CT molecular complexity index is 863. The Morgan fingerprint density at radius 1 is 1.11 bits per heavy atom. The van der Waals surface area contributed by atoms with Crippen LogP contribution in [0, 0.1) is 0 Å². The molecule has 2 aliphatic heterocycles. The molecule has 0 N–H and O–H groups in total. The van der Waals surface area contributed by atoms with Crippen molar-refractivity contribution < 1.29 is 19.1 Å². The van der Waals surface area contributed by atoms with Crippen LogP contribution in [0.3, 0.4) is 0 Å². The van der Waals surface area contributed by atoms with Crippen molar-refractivity contribution in [2.24, 2.45) is 0 Å². The highest BCUT2D eigenvalue weighted by Crippen LogP contribution is 2.33. The van der Waals surface area contributed by atoms with Gasteiger partial charge in [0.25, 0.3) is 11.8 Å². The molecule has 1 aromatic heterocycles. The summed E-state index contributed by atoms with van der Waals surface area (Å²) in [5, 5.41) is 0. The molecular weight excluding hydrogens is 358 g/mol. The summed E-state index contributed by atoms with van der Waals surface area (Å²) < 4.78 is 11.1. The number of benzene rings is 1. The number of aromatic nitrogens is 1. The summed E-state index contributed by atoms with van der Waals surface area (Å²) >= 11 is 0. The summed E-state index contributed by atoms with van der Waals surface area (Å²) in [6.07, 6.45) is 1.36. The Morgan fingerprint density at radius 2 is 1.86 bits per heavy atom. The van der Waals surface area contributed by atoms with E-state index in [4.69, 9.17) is 9.47 Å². The first kappa shape index (κ1) is 18.4. The van der Waals surface area contributed by atoms with E-state index >= 15 is 0 Å². The second-order valence-corrected chi connectivity index (χ2v) is 7.14. The molecule has 2 amide bonds. The lowest BCUT2D eigenvalue weighted by Crippen LogP contribution is -2.59. The summed E-state index contributed by atoms with van der Waals surface area (Å²) in [4.78, 5) is 33.0. The topological polar surface area (TPSA) is 72.0 Å². The van der Waals surface area contributed by atoms with Gasteiger partial charge in [-0.25, -0.2) is 4.98 Å². The number of anilines is 1. The van der Waals surface area contributed by atoms with Gasteiger partial charge in [0, 0.05) is 24.8 Å². The summed E-state index contributed by atoms with van der Waals surface area (Å²) in [6.45, 7) is 1.71. The van der Waals surface area contributed by atoms with Gasteiger partial charge in [0.15, 0.2) is 0 Å². The van der Waals surface area contributed by atoms with Crippen LogP contribution in [-0.2, 0) is 9.53 Å². The number of carbonyl (C=O) groups excluding carboxylic acids is 2. The van der Waals surface area contributed by atoms with E-state index in [1.807, 2.05) is 30.3 Å². The molecule has 0 bridgehead atoms. The number of nitrogens with zero attached hydrogens (tertiary/aromatic N) is 3. The Hall–Kier alpha value is -2.93. The quantitative estimate of drug-likeness (QED) is 0.815. The number of morpholine rings is 1. The number of para-hydroxylation sites is 1. The van der Waals surface area contributed by atoms with Crippen LogP contribution in [0.25, 0.3) is 0 Å². The van der Waals surface area contributed by atoms with Crippen molar-refractivity contribution in [1.29, 1.82) is 0 Å². The molecule has 2 aromatic rings. The SMILES string of the molecule is COc1cccc(C(=O)N2CCC3(CC2)CN(c2ccccc2)C(=O)CO3)n1. The van der Waals surface area contributed by atoms with Crippen molar-refractivity contribution in [3.8, 4) is 5.88 Å². The molecule has 1 spiro atoms. The molecule has 4 rings (SSSR count). The van der Waals surface area contributed by atoms with Crippen molar-refractivity contribution in [1.82, 2.24) is 9.88 Å². The van der Waals surface area contributed by atoms with E-state index in [1.165, 1.54) is 7.11 Å². The van der Waals surface area contributed by atoms with E-state index in [2.05, 4.69) is 4.98 Å². The minimum atomic E-state index is -0.414. The van der Waals surface area contributed by atoms with E-state index in [0.29, 0.717) is 44.0 Å². The average molecular weight is 381 g/mol. The van der Waals surface area contributed by atoms with Gasteiger partial charge >= 0.3 is 0 Å². The van der Waals surface area contributed by atoms with Crippen LogP contribution in [0.2, 0.25) is 0 Å². The first-order valence-corrected chi connectivity index (χ1v) is 9.40. The van der Waals surface area contributed by atoms with Crippen molar-refractivity contribution in [2.75, 3.05) is 38.3 Å². The average Bonchev–Trinajstić information content (AvgIpc) is 2.76. The van der Waals surface area contributed by atoms with Gasteiger partial charge in [0.2, 0.25) is 5.88 Å². The summed E-state index contributed by atoms with van der Waals surface area (Å²) in [5.74, 6) is 0.281. The Labute approximate surface area is 163 Å². The van der Waals surface area contributed by atoms with Crippen LogP contribution in [0.15, 0.2) is 48.5 Å². The number of amides is 2. The number of pyridine rings is 1. The lowest BCUT2D eigenvalue weighted by atomic mass is 9.89. The first-order valence-electron chi connectivity index (χ1n) is 9.40. The molecule has 0 radical (unpaired) electrons. The third kappa shape index (κ3) is 3.57. The highest BCUT2D eigenvalue weighted by Gasteiger charge is 2.43. The number of ether oxygens (including phenoxy) is 2. The van der Waals surface area contributed by atoms with E-state index in [0.717, 1.165) is 5.69 Å². The molecule has 3 heterocycles. The highest BCUT2D eigenvalue weighted by atomic mass is 16.5. The minimum absolute atomic E-state index is 0.0316. The van der Waals surface area contributed by atoms with Crippen molar-refractivity contribution in [3.05, 3.63) is 54.2 Å². The standard InChI is InChI=1S/C21H23N3O4/c1-27-18-9-5-8-17(22-18)20(26)23-12-10-21(11-13-23)15-24(19(25)14-28-21)16-6-3-2-4-7-16/h2-9H,10-15H2,1H3. The predicted molar refractivity (Wildman–Crippen MR) is 103 cm³/mol. The molecule has 0 aliphatic carbocycles. The number of carbonyl (C=O) groups is 2.